The molecule has 0 spiro atoms. The second-order valence-electron chi connectivity index (χ2n) is 8.04. The van der Waals surface area contributed by atoms with E-state index in [0.29, 0.717) is 41.7 Å². The van der Waals surface area contributed by atoms with Crippen molar-refractivity contribution in [2.24, 2.45) is 5.10 Å². The van der Waals surface area contributed by atoms with Crippen molar-refractivity contribution in [1.29, 1.82) is 0 Å². The number of benzene rings is 3. The molecule has 3 aromatic rings. The van der Waals surface area contributed by atoms with E-state index in [2.05, 4.69) is 10.5 Å². The number of carbonyl (C=O) groups is 1. The molecule has 8 nitrogen and oxygen atoms in total. The zero-order chi connectivity index (χ0) is 24.4. The van der Waals surface area contributed by atoms with Gasteiger partial charge >= 0.3 is 0 Å². The Morgan fingerprint density at radius 1 is 1.09 bits per heavy atom. The van der Waals surface area contributed by atoms with Gasteiger partial charge in [0.1, 0.15) is 19.0 Å². The van der Waals surface area contributed by atoms with Gasteiger partial charge in [0, 0.05) is 30.2 Å². The Morgan fingerprint density at radius 3 is 2.51 bits per heavy atom. The summed E-state index contributed by atoms with van der Waals surface area (Å²) in [4.78, 5) is 13.0. The molecular formula is C25H23FN4O4S. The number of anilines is 1. The van der Waals surface area contributed by atoms with Gasteiger partial charge in [0.05, 0.1) is 17.4 Å². The van der Waals surface area contributed by atoms with Crippen LogP contribution in [0.4, 0.5) is 10.1 Å². The first kappa shape index (κ1) is 23.2. The summed E-state index contributed by atoms with van der Waals surface area (Å²) < 4.78 is 25.2. The molecule has 0 radical (unpaired) electrons. The minimum atomic E-state index is -0.336. The maximum absolute atomic E-state index is 13.1. The zero-order valence-electron chi connectivity index (χ0n) is 18.8. The molecule has 5 rings (SSSR count). The van der Waals surface area contributed by atoms with Crippen molar-refractivity contribution < 1.29 is 23.9 Å². The van der Waals surface area contributed by atoms with Crippen molar-refractivity contribution in [3.63, 3.8) is 0 Å². The Labute approximate surface area is 206 Å². The van der Waals surface area contributed by atoms with Gasteiger partial charge in [-0.1, -0.05) is 18.2 Å². The van der Waals surface area contributed by atoms with Gasteiger partial charge in [-0.15, -0.1) is 0 Å². The Morgan fingerprint density at radius 2 is 1.80 bits per heavy atom. The lowest BCUT2D eigenvalue weighted by Crippen LogP contribution is -2.24. The van der Waals surface area contributed by atoms with Crippen LogP contribution in [0.2, 0.25) is 0 Å². The average Bonchev–Trinajstić information content (AvgIpc) is 3.32. The Kier molecular flexibility index (Phi) is 6.58. The van der Waals surface area contributed by atoms with E-state index < -0.39 is 0 Å². The topological polar surface area (TPSA) is 86.6 Å². The fourth-order valence-corrected chi connectivity index (χ4v) is 4.58. The lowest BCUT2D eigenvalue weighted by molar-refractivity contribution is -0.130. The Balaban J connectivity index is 1.27. The second kappa shape index (κ2) is 9.95. The van der Waals surface area contributed by atoms with E-state index in [1.165, 1.54) is 24.1 Å². The third-order valence-electron chi connectivity index (χ3n) is 5.63. The normalized spacial score (nSPS) is 16.9. The van der Waals surface area contributed by atoms with Crippen LogP contribution in [-0.2, 0) is 4.79 Å². The van der Waals surface area contributed by atoms with Gasteiger partial charge in [-0.2, -0.15) is 5.10 Å². The van der Waals surface area contributed by atoms with Crippen molar-refractivity contribution in [3.8, 4) is 11.5 Å². The van der Waals surface area contributed by atoms with E-state index in [0.717, 1.165) is 33.4 Å². The smallest absolute Gasteiger partial charge is 0.240 e. The third kappa shape index (κ3) is 5.24. The van der Waals surface area contributed by atoms with E-state index in [1.54, 1.807) is 12.1 Å². The van der Waals surface area contributed by atoms with Gasteiger partial charge in [0.25, 0.3) is 0 Å². The van der Waals surface area contributed by atoms with E-state index in [4.69, 9.17) is 9.47 Å². The number of nitrogens with zero attached hydrogens (tertiary/aromatic N) is 3. The third-order valence-corrected chi connectivity index (χ3v) is 6.38. The number of halogens is 1. The van der Waals surface area contributed by atoms with Crippen molar-refractivity contribution in [2.75, 3.05) is 18.6 Å². The molecule has 10 heteroatoms. The Hall–Kier alpha value is -3.60. The molecule has 180 valence electrons. The van der Waals surface area contributed by atoms with E-state index in [-0.39, 0.29) is 17.8 Å². The summed E-state index contributed by atoms with van der Waals surface area (Å²) in [6.07, 6.45) is 0.554. The van der Waals surface area contributed by atoms with Crippen LogP contribution in [0.3, 0.4) is 0 Å². The molecule has 0 fully saturated rings. The number of hydrogen-bond acceptors (Lipinski definition) is 8. The minimum absolute atomic E-state index is 0.146. The van der Waals surface area contributed by atoms with E-state index >= 15 is 0 Å². The van der Waals surface area contributed by atoms with Crippen LogP contribution in [0.15, 0.2) is 76.7 Å². The van der Waals surface area contributed by atoms with Crippen LogP contribution < -0.4 is 14.9 Å². The van der Waals surface area contributed by atoms with Gasteiger partial charge in [-0.3, -0.25) is 15.4 Å². The summed E-state index contributed by atoms with van der Waals surface area (Å²) in [6.45, 7) is 2.51. The van der Waals surface area contributed by atoms with E-state index in [1.807, 2.05) is 42.5 Å². The van der Waals surface area contributed by atoms with Crippen LogP contribution in [0.1, 0.15) is 30.5 Å². The number of amides is 1. The summed E-state index contributed by atoms with van der Waals surface area (Å²) in [5, 5.41) is 16.2. The number of rotatable bonds is 6. The van der Waals surface area contributed by atoms with Gasteiger partial charge in [0.15, 0.2) is 11.5 Å². The molecule has 0 saturated carbocycles. The monoisotopic (exact) mass is 494 g/mol. The lowest BCUT2D eigenvalue weighted by atomic mass is 9.98. The number of hydrogen-bond donors (Lipinski definition) is 2. The van der Waals surface area contributed by atoms with Gasteiger partial charge < -0.3 is 9.47 Å². The molecular weight excluding hydrogens is 471 g/mol. The fraction of sp³-hybridized carbons (Fsp3) is 0.200. The predicted octanol–water partition coefficient (Wildman–Crippen LogP) is 5.02. The molecule has 2 aliphatic heterocycles. The van der Waals surface area contributed by atoms with Gasteiger partial charge in [-0.05, 0) is 64.2 Å². The summed E-state index contributed by atoms with van der Waals surface area (Å²) >= 11 is 1.01. The summed E-state index contributed by atoms with van der Waals surface area (Å²) in [7, 11) is 0. The van der Waals surface area contributed by atoms with Crippen LogP contribution in [0, 0.1) is 5.82 Å². The number of hydrazone groups is 1. The van der Waals surface area contributed by atoms with Crippen LogP contribution in [0.5, 0.6) is 11.5 Å². The molecule has 1 atom stereocenters. The van der Waals surface area contributed by atoms with Crippen molar-refractivity contribution in [1.82, 2.24) is 9.59 Å². The molecule has 0 aliphatic carbocycles. The molecule has 1 unspecified atom stereocenters. The minimum Gasteiger partial charge on any atom is -0.486 e. The second-order valence-corrected chi connectivity index (χ2v) is 9.04. The zero-order valence-corrected chi connectivity index (χ0v) is 19.7. The first-order chi connectivity index (χ1) is 17.0. The molecule has 0 saturated heterocycles. The highest BCUT2D eigenvalue weighted by Gasteiger charge is 2.32. The molecule has 3 aromatic carbocycles. The van der Waals surface area contributed by atoms with Crippen LogP contribution >= 0.6 is 11.9 Å². The van der Waals surface area contributed by atoms with E-state index in [9.17, 15) is 14.4 Å². The lowest BCUT2D eigenvalue weighted by Gasteiger charge is -2.23. The fourth-order valence-electron chi connectivity index (χ4n) is 3.97. The first-order valence-electron chi connectivity index (χ1n) is 11.0. The summed E-state index contributed by atoms with van der Waals surface area (Å²) in [5.41, 5.74) is 6.07. The summed E-state index contributed by atoms with van der Waals surface area (Å²) in [6, 6.07) is 18.7. The number of nitrogens with one attached hydrogen (secondary N) is 1. The van der Waals surface area contributed by atoms with Crippen molar-refractivity contribution in [3.05, 3.63) is 83.7 Å². The van der Waals surface area contributed by atoms with Gasteiger partial charge in [-0.25, -0.2) is 9.40 Å². The van der Waals surface area contributed by atoms with Crippen molar-refractivity contribution >= 4 is 29.3 Å². The largest absolute Gasteiger partial charge is 0.486 e. The standard InChI is InChI=1S/C25H23FN4O4S/c1-16(31)29-23(18-4-11-24-25(14-18)34-13-12-33-24)15-22(28-29)17-2-7-20(8-3-17)27-30(32)35-21-9-5-19(26)6-10-21/h2-11,14,23,27,32H,12-13,15H2,1H3. The maximum Gasteiger partial charge on any atom is 0.240 e. The predicted molar refractivity (Wildman–Crippen MR) is 130 cm³/mol. The first-order valence-corrected chi connectivity index (χ1v) is 11.8. The molecule has 35 heavy (non-hydrogen) atoms. The highest BCUT2D eigenvalue weighted by atomic mass is 32.2. The van der Waals surface area contributed by atoms with Crippen LogP contribution in [-0.4, -0.2) is 39.6 Å². The quantitative estimate of drug-likeness (QED) is 0.368. The van der Waals surface area contributed by atoms with Crippen molar-refractivity contribution in [2.45, 2.75) is 24.3 Å². The van der Waals surface area contributed by atoms with Crippen LogP contribution in [0.25, 0.3) is 0 Å². The molecule has 1 amide bonds. The number of carbonyl (C=O) groups excluding carboxylic acids is 1. The molecule has 2 aliphatic rings. The molecule has 2 heterocycles. The number of ether oxygens (including phenoxy) is 2. The average molecular weight is 495 g/mol. The highest BCUT2D eigenvalue weighted by molar-refractivity contribution is 7.97. The molecule has 2 N–H and O–H groups in total. The SMILES string of the molecule is CC(=O)N1N=C(c2ccc(NN(O)Sc3ccc(F)cc3)cc2)CC1c1ccc2c(c1)OCCO2. The Bertz CT molecular complexity index is 1250. The summed E-state index contributed by atoms with van der Waals surface area (Å²) in [5.74, 6) is 0.893. The van der Waals surface area contributed by atoms with Gasteiger partial charge in [0.2, 0.25) is 5.91 Å². The highest BCUT2D eigenvalue weighted by Crippen LogP contribution is 2.38. The molecule has 0 aromatic heterocycles. The number of fused-ring (bicyclic) bond motifs is 1. The number of hydrazine groups is 1. The molecule has 0 bridgehead atoms. The maximum atomic E-state index is 13.1.